The first kappa shape index (κ1) is 13.0. The van der Waals surface area contributed by atoms with Crippen LogP contribution in [0.1, 0.15) is 5.56 Å². The van der Waals surface area contributed by atoms with Gasteiger partial charge in [0.2, 0.25) is 5.91 Å². The number of hydrogen-bond acceptors (Lipinski definition) is 4. The minimum Gasteiger partial charge on any atom is -0.480 e. The molecule has 1 aromatic rings. The summed E-state index contributed by atoms with van der Waals surface area (Å²) in [6, 6.07) is 9.61. The molecule has 4 nitrogen and oxygen atoms in total. The summed E-state index contributed by atoms with van der Waals surface area (Å²) >= 11 is 6.30. The summed E-state index contributed by atoms with van der Waals surface area (Å²) in [6.07, 6.45) is 0.570. The van der Waals surface area contributed by atoms with Gasteiger partial charge in [-0.25, -0.2) is 0 Å². The van der Waals surface area contributed by atoms with Gasteiger partial charge in [0.05, 0.1) is 5.25 Å². The Labute approximate surface area is 114 Å². The van der Waals surface area contributed by atoms with E-state index in [2.05, 4.69) is 0 Å². The highest BCUT2D eigenvalue weighted by Crippen LogP contribution is 2.29. The van der Waals surface area contributed by atoms with Crippen LogP contribution in [0.2, 0.25) is 0 Å². The summed E-state index contributed by atoms with van der Waals surface area (Å²) in [5, 5.41) is 8.42. The molecule has 1 unspecified atom stereocenters. The number of carboxylic acid groups (broad SMARTS) is 1. The maximum absolute atomic E-state index is 12.0. The van der Waals surface area contributed by atoms with Crippen LogP contribution in [0.25, 0.3) is 0 Å². The van der Waals surface area contributed by atoms with Gasteiger partial charge < -0.3 is 5.11 Å². The minimum absolute atomic E-state index is 0.212. The van der Waals surface area contributed by atoms with Crippen LogP contribution in [-0.2, 0) is 16.0 Å². The highest BCUT2D eigenvalue weighted by molar-refractivity contribution is 8.24. The second-order valence-electron chi connectivity index (χ2n) is 3.88. The molecule has 1 heterocycles. The molecule has 1 aliphatic heterocycles. The van der Waals surface area contributed by atoms with Gasteiger partial charge in [-0.2, -0.15) is 0 Å². The third-order valence-electron chi connectivity index (χ3n) is 2.56. The van der Waals surface area contributed by atoms with Gasteiger partial charge in [-0.05, 0) is 12.0 Å². The molecule has 94 valence electrons. The van der Waals surface area contributed by atoms with E-state index in [-0.39, 0.29) is 17.7 Å². The predicted octanol–water partition coefficient (Wildman–Crippen LogP) is 1.54. The topological polar surface area (TPSA) is 57.6 Å². The van der Waals surface area contributed by atoms with Gasteiger partial charge in [0.15, 0.2) is 0 Å². The minimum atomic E-state index is -1.05. The molecule has 0 aromatic heterocycles. The Morgan fingerprint density at radius 1 is 1.39 bits per heavy atom. The highest BCUT2D eigenvalue weighted by Gasteiger charge is 2.37. The number of carbonyl (C=O) groups excluding carboxylic acids is 1. The van der Waals surface area contributed by atoms with E-state index in [0.29, 0.717) is 10.7 Å². The third kappa shape index (κ3) is 2.88. The van der Waals surface area contributed by atoms with Crippen LogP contribution in [0.5, 0.6) is 0 Å². The largest absolute Gasteiger partial charge is 0.480 e. The fourth-order valence-corrected chi connectivity index (χ4v) is 3.27. The normalized spacial score (nSPS) is 19.3. The number of hydrogen-bond donors (Lipinski definition) is 1. The van der Waals surface area contributed by atoms with Crippen LogP contribution >= 0.6 is 24.0 Å². The van der Waals surface area contributed by atoms with Crippen molar-refractivity contribution < 1.29 is 14.7 Å². The van der Waals surface area contributed by atoms with Gasteiger partial charge in [0, 0.05) is 0 Å². The van der Waals surface area contributed by atoms with E-state index in [0.717, 1.165) is 10.5 Å². The number of amides is 1. The van der Waals surface area contributed by atoms with Crippen molar-refractivity contribution >= 4 is 40.2 Å². The molecular weight excluding hydrogens is 270 g/mol. The van der Waals surface area contributed by atoms with Crippen LogP contribution in [-0.4, -0.2) is 38.0 Å². The van der Waals surface area contributed by atoms with E-state index < -0.39 is 5.97 Å². The lowest BCUT2D eigenvalue weighted by molar-refractivity contribution is -0.141. The van der Waals surface area contributed by atoms with Crippen LogP contribution in [0.15, 0.2) is 30.3 Å². The van der Waals surface area contributed by atoms with Gasteiger partial charge in [-0.3, -0.25) is 14.5 Å². The Hall–Kier alpha value is -1.40. The first-order valence-electron chi connectivity index (χ1n) is 5.35. The van der Waals surface area contributed by atoms with E-state index in [1.807, 2.05) is 30.3 Å². The smallest absolute Gasteiger partial charge is 0.323 e. The molecule has 1 saturated heterocycles. The average Bonchev–Trinajstić information content (AvgIpc) is 2.58. The van der Waals surface area contributed by atoms with Crippen molar-refractivity contribution in [1.29, 1.82) is 0 Å². The molecule has 1 aliphatic rings. The Morgan fingerprint density at radius 2 is 2.06 bits per heavy atom. The lowest BCUT2D eigenvalue weighted by atomic mass is 10.1. The summed E-state index contributed by atoms with van der Waals surface area (Å²) in [5.74, 6) is -1.26. The second kappa shape index (κ2) is 5.49. The number of carboxylic acids is 1. The zero-order valence-corrected chi connectivity index (χ0v) is 11.0. The standard InChI is InChI=1S/C12H11NO3S2/c14-10(15)7-13-11(16)9(18-12(13)17)6-8-4-2-1-3-5-8/h1-5,9H,6-7H2,(H,14,15). The van der Waals surface area contributed by atoms with Crippen LogP contribution < -0.4 is 0 Å². The first-order chi connectivity index (χ1) is 8.58. The molecule has 1 N–H and O–H groups in total. The summed E-state index contributed by atoms with van der Waals surface area (Å²) in [7, 11) is 0. The SMILES string of the molecule is O=C(O)CN1C(=O)C(Cc2ccccc2)SC1=S. The number of thiocarbonyl (C=S) groups is 1. The highest BCUT2D eigenvalue weighted by atomic mass is 32.2. The number of nitrogens with zero attached hydrogens (tertiary/aromatic N) is 1. The van der Waals surface area contributed by atoms with Crippen molar-refractivity contribution in [2.24, 2.45) is 0 Å². The molecule has 1 atom stereocenters. The van der Waals surface area contributed by atoms with E-state index in [1.54, 1.807) is 0 Å². The molecule has 18 heavy (non-hydrogen) atoms. The number of aliphatic carboxylic acids is 1. The van der Waals surface area contributed by atoms with Crippen LogP contribution in [0.3, 0.4) is 0 Å². The van der Waals surface area contributed by atoms with Gasteiger partial charge in [-0.15, -0.1) is 0 Å². The Kier molecular flexibility index (Phi) is 3.98. The van der Waals surface area contributed by atoms with Crippen molar-refractivity contribution in [2.45, 2.75) is 11.7 Å². The maximum Gasteiger partial charge on any atom is 0.323 e. The predicted molar refractivity (Wildman–Crippen MR) is 73.5 cm³/mol. The lowest BCUT2D eigenvalue weighted by Crippen LogP contribution is -2.36. The Balaban J connectivity index is 2.06. The average molecular weight is 281 g/mol. The third-order valence-corrected chi connectivity index (χ3v) is 4.15. The second-order valence-corrected chi connectivity index (χ2v) is 5.72. The van der Waals surface area contributed by atoms with Crippen LogP contribution in [0.4, 0.5) is 0 Å². The zero-order chi connectivity index (χ0) is 13.1. The van der Waals surface area contributed by atoms with E-state index >= 15 is 0 Å². The summed E-state index contributed by atoms with van der Waals surface area (Å²) in [6.45, 7) is -0.351. The Bertz CT molecular complexity index is 489. The van der Waals surface area contributed by atoms with Crippen molar-refractivity contribution in [3.8, 4) is 0 Å². The van der Waals surface area contributed by atoms with Crippen molar-refractivity contribution in [3.05, 3.63) is 35.9 Å². The monoisotopic (exact) mass is 281 g/mol. The molecule has 6 heteroatoms. The number of rotatable bonds is 4. The number of thioether (sulfide) groups is 1. The van der Waals surface area contributed by atoms with Crippen molar-refractivity contribution in [2.75, 3.05) is 6.54 Å². The van der Waals surface area contributed by atoms with Crippen molar-refractivity contribution in [3.63, 3.8) is 0 Å². The maximum atomic E-state index is 12.0. The van der Waals surface area contributed by atoms with Gasteiger partial charge in [0.1, 0.15) is 10.9 Å². The summed E-state index contributed by atoms with van der Waals surface area (Å²) in [5.41, 5.74) is 1.04. The Morgan fingerprint density at radius 3 is 2.67 bits per heavy atom. The number of carbonyl (C=O) groups is 2. The molecule has 0 radical (unpaired) electrons. The molecule has 1 amide bonds. The van der Waals surface area contributed by atoms with E-state index in [4.69, 9.17) is 17.3 Å². The molecule has 0 spiro atoms. The lowest BCUT2D eigenvalue weighted by Gasteiger charge is -2.12. The molecule has 0 bridgehead atoms. The molecule has 2 rings (SSSR count). The van der Waals surface area contributed by atoms with E-state index in [9.17, 15) is 9.59 Å². The fourth-order valence-electron chi connectivity index (χ4n) is 1.73. The molecule has 0 saturated carbocycles. The summed E-state index contributed by atoms with van der Waals surface area (Å²) in [4.78, 5) is 23.8. The molecule has 1 fully saturated rings. The zero-order valence-electron chi connectivity index (χ0n) is 9.41. The first-order valence-corrected chi connectivity index (χ1v) is 6.64. The molecule has 1 aromatic carbocycles. The van der Waals surface area contributed by atoms with Crippen molar-refractivity contribution in [1.82, 2.24) is 4.90 Å². The fraction of sp³-hybridized carbons (Fsp3) is 0.250. The number of benzene rings is 1. The van der Waals surface area contributed by atoms with Gasteiger partial charge in [0.25, 0.3) is 0 Å². The van der Waals surface area contributed by atoms with Gasteiger partial charge >= 0.3 is 5.97 Å². The summed E-state index contributed by atoms with van der Waals surface area (Å²) < 4.78 is 0.350. The quantitative estimate of drug-likeness (QED) is 0.848. The van der Waals surface area contributed by atoms with E-state index in [1.165, 1.54) is 11.8 Å². The molecular formula is C12H11NO3S2. The van der Waals surface area contributed by atoms with Crippen LogP contribution in [0, 0.1) is 0 Å². The molecule has 0 aliphatic carbocycles. The van der Waals surface area contributed by atoms with Gasteiger partial charge in [-0.1, -0.05) is 54.3 Å².